The summed E-state index contributed by atoms with van der Waals surface area (Å²) in [4.78, 5) is 28.5. The van der Waals surface area contributed by atoms with E-state index in [0.717, 1.165) is 47.1 Å². The molecule has 2 N–H and O–H groups in total. The van der Waals surface area contributed by atoms with Gasteiger partial charge in [-0.25, -0.2) is 0 Å². The normalized spacial score (nSPS) is 25.3. The Morgan fingerprint density at radius 3 is 2.41 bits per heavy atom. The van der Waals surface area contributed by atoms with Crippen LogP contribution >= 0.6 is 0 Å². The van der Waals surface area contributed by atoms with Gasteiger partial charge in [0.1, 0.15) is 5.75 Å². The Bertz CT molecular complexity index is 1310. The molecule has 0 saturated carbocycles. The van der Waals surface area contributed by atoms with Gasteiger partial charge in [0.05, 0.1) is 23.6 Å². The molecule has 0 bridgehead atoms. The summed E-state index contributed by atoms with van der Waals surface area (Å²) in [5.74, 6) is -1.03. The fourth-order valence-corrected chi connectivity index (χ4v) is 6.97. The number of carbonyl (C=O) groups excluding carboxylic acids is 2. The Hall–Kier alpha value is -3.16. The molecule has 2 aromatic rings. The van der Waals surface area contributed by atoms with Gasteiger partial charge in [0, 0.05) is 0 Å². The highest BCUT2D eigenvalue weighted by Crippen LogP contribution is 2.51. The molecule has 1 aliphatic carbocycles. The molecule has 2 aromatic carbocycles. The van der Waals surface area contributed by atoms with E-state index in [4.69, 9.17) is 4.65 Å². The minimum Gasteiger partial charge on any atom is -0.507 e. The van der Waals surface area contributed by atoms with Crippen LogP contribution in [0.2, 0.25) is 6.32 Å². The van der Waals surface area contributed by atoms with Crippen LogP contribution in [0.25, 0.3) is 6.08 Å². The fraction of sp³-hybridized carbons (Fsp3) is 0.438. The van der Waals surface area contributed by atoms with Crippen LogP contribution in [0.3, 0.4) is 0 Å². The maximum absolute atomic E-state index is 13.7. The van der Waals surface area contributed by atoms with Gasteiger partial charge < -0.3 is 14.8 Å². The minimum atomic E-state index is -0.968. The lowest BCUT2D eigenvalue weighted by atomic mass is 9.58. The van der Waals surface area contributed by atoms with Gasteiger partial charge in [0.25, 0.3) is 0 Å². The van der Waals surface area contributed by atoms with Crippen molar-refractivity contribution in [3.8, 4) is 5.75 Å². The average Bonchev–Trinajstić information content (AvgIpc) is 3.15. The molecule has 2 fully saturated rings. The molecule has 0 unspecified atom stereocenters. The van der Waals surface area contributed by atoms with Crippen LogP contribution in [-0.2, 0) is 14.2 Å². The Labute approximate surface area is 231 Å². The molecule has 7 heteroatoms. The molecule has 0 aromatic heterocycles. The molecule has 2 heterocycles. The molecule has 0 radical (unpaired) electrons. The monoisotopic (exact) mass is 527 g/mol. The zero-order valence-electron chi connectivity index (χ0n) is 23.3. The number of aryl methyl sites for hydroxylation is 2. The Morgan fingerprint density at radius 1 is 1.05 bits per heavy atom. The Balaban J connectivity index is 1.40. The molecular formula is C32H38BNO5. The number of para-hydroxylation sites is 1. The van der Waals surface area contributed by atoms with Gasteiger partial charge in [-0.2, -0.15) is 0 Å². The number of benzene rings is 2. The average molecular weight is 527 g/mol. The molecule has 2 saturated heterocycles. The third-order valence-electron chi connectivity index (χ3n) is 8.65. The smallest absolute Gasteiger partial charge is 0.455 e. The van der Waals surface area contributed by atoms with Gasteiger partial charge in [-0.15, -0.1) is 0 Å². The van der Waals surface area contributed by atoms with Crippen molar-refractivity contribution in [3.05, 3.63) is 75.9 Å². The summed E-state index contributed by atoms with van der Waals surface area (Å²) < 4.78 is 6.11. The van der Waals surface area contributed by atoms with Crippen LogP contribution in [0, 0.1) is 31.6 Å². The van der Waals surface area contributed by atoms with E-state index in [9.17, 15) is 19.7 Å². The molecule has 0 spiro atoms. The first-order valence-electron chi connectivity index (χ1n) is 14.1. The number of hydrogen-bond acceptors (Lipinski definition) is 5. The third kappa shape index (κ3) is 5.22. The first kappa shape index (κ1) is 27.4. The van der Waals surface area contributed by atoms with Gasteiger partial charge >= 0.3 is 7.12 Å². The van der Waals surface area contributed by atoms with Crippen molar-refractivity contribution in [1.82, 2.24) is 0 Å². The highest BCUT2D eigenvalue weighted by molar-refractivity contribution is 6.43. The Morgan fingerprint density at radius 2 is 1.74 bits per heavy atom. The Kier molecular flexibility index (Phi) is 7.83. The van der Waals surface area contributed by atoms with Crippen molar-refractivity contribution < 1.29 is 24.4 Å². The van der Waals surface area contributed by atoms with Crippen LogP contribution in [0.5, 0.6) is 5.75 Å². The number of nitrogens with zero attached hydrogens (tertiary/aromatic N) is 1. The number of phenols is 1. The van der Waals surface area contributed by atoms with E-state index in [0.29, 0.717) is 30.6 Å². The maximum Gasteiger partial charge on any atom is 0.455 e. The molecular weight excluding hydrogens is 489 g/mol. The van der Waals surface area contributed by atoms with Crippen LogP contribution < -0.4 is 4.90 Å². The molecule has 204 valence electrons. The fourth-order valence-electron chi connectivity index (χ4n) is 6.97. The molecule has 2 amide bonds. The van der Waals surface area contributed by atoms with Crippen molar-refractivity contribution in [2.24, 2.45) is 17.8 Å². The van der Waals surface area contributed by atoms with E-state index >= 15 is 0 Å². The van der Waals surface area contributed by atoms with Crippen molar-refractivity contribution in [2.45, 2.75) is 72.2 Å². The number of fused-ring (bicyclic) bond motifs is 3. The summed E-state index contributed by atoms with van der Waals surface area (Å²) in [6.07, 6.45) is 6.23. The number of aromatic hydroxyl groups is 1. The molecule has 4 atom stereocenters. The minimum absolute atomic E-state index is 0.139. The van der Waals surface area contributed by atoms with E-state index < -0.39 is 19.0 Å². The number of anilines is 1. The number of allylic oxidation sites excluding steroid dienone is 2. The van der Waals surface area contributed by atoms with Gasteiger partial charge in [-0.1, -0.05) is 48.8 Å². The SMILES string of the molecule is CCC/C(=C\c1cc(C)c(O)c(C)c1)CC[C@H]1OB(O)C[C@H]2C1=C(C)C[C@H]1C(=O)N(c3ccccc3)C(=O)[C@H]12. The molecule has 3 aliphatic rings. The van der Waals surface area contributed by atoms with Gasteiger partial charge in [0.15, 0.2) is 0 Å². The predicted molar refractivity (Wildman–Crippen MR) is 154 cm³/mol. The highest BCUT2D eigenvalue weighted by Gasteiger charge is 2.57. The zero-order chi connectivity index (χ0) is 27.8. The van der Waals surface area contributed by atoms with E-state index in [1.165, 1.54) is 10.5 Å². The highest BCUT2D eigenvalue weighted by atomic mass is 16.5. The zero-order valence-corrected chi connectivity index (χ0v) is 23.3. The van der Waals surface area contributed by atoms with E-state index in [2.05, 4.69) is 19.9 Å². The summed E-state index contributed by atoms with van der Waals surface area (Å²) >= 11 is 0. The number of amides is 2. The standard InChI is InChI=1S/C32H38BNO5/c1-5-9-22(17-23-14-20(3)30(35)21(4)15-23)12-13-27-28-19(2)16-25-29(26(28)18-33(38)39-27)32(37)34(31(25)36)24-10-7-6-8-11-24/h6-8,10-11,14-15,17,25-27,29,35,38H,5,9,12-13,16,18H2,1-4H3/b22-17+/t25-,26+,27-,29-/m1/s1. The van der Waals surface area contributed by atoms with E-state index in [1.807, 2.05) is 44.2 Å². The second-order valence-electron chi connectivity index (χ2n) is 11.4. The quantitative estimate of drug-likeness (QED) is 0.262. The van der Waals surface area contributed by atoms with Gasteiger partial charge in [0.2, 0.25) is 11.8 Å². The lowest BCUT2D eigenvalue weighted by molar-refractivity contribution is -0.122. The number of rotatable bonds is 7. The largest absolute Gasteiger partial charge is 0.507 e. The number of hydrogen-bond donors (Lipinski definition) is 2. The predicted octanol–water partition coefficient (Wildman–Crippen LogP) is 5.99. The number of imide groups is 1. The summed E-state index contributed by atoms with van der Waals surface area (Å²) in [5.41, 5.74) is 6.90. The molecule has 6 nitrogen and oxygen atoms in total. The van der Waals surface area contributed by atoms with Crippen molar-refractivity contribution in [3.63, 3.8) is 0 Å². The summed E-state index contributed by atoms with van der Waals surface area (Å²) in [6.45, 7) is 8.04. The summed E-state index contributed by atoms with van der Waals surface area (Å²) in [7, 11) is -0.968. The second-order valence-corrected chi connectivity index (χ2v) is 11.4. The molecule has 5 rings (SSSR count). The summed E-state index contributed by atoms with van der Waals surface area (Å²) in [6, 6.07) is 13.2. The molecule has 39 heavy (non-hydrogen) atoms. The van der Waals surface area contributed by atoms with Gasteiger partial charge in [-0.05, 0) is 105 Å². The van der Waals surface area contributed by atoms with Crippen LogP contribution in [0.4, 0.5) is 5.69 Å². The number of carbonyl (C=O) groups is 2. The van der Waals surface area contributed by atoms with E-state index in [1.54, 1.807) is 12.1 Å². The van der Waals surface area contributed by atoms with Crippen LogP contribution in [-0.4, -0.2) is 35.2 Å². The number of phenolic OH excluding ortho intramolecular Hbond substituents is 1. The first-order valence-corrected chi connectivity index (χ1v) is 14.1. The summed E-state index contributed by atoms with van der Waals surface area (Å²) in [5, 5.41) is 20.9. The molecule has 2 aliphatic heterocycles. The van der Waals surface area contributed by atoms with Crippen LogP contribution in [0.15, 0.2) is 59.2 Å². The van der Waals surface area contributed by atoms with Crippen molar-refractivity contribution in [2.75, 3.05) is 4.90 Å². The topological polar surface area (TPSA) is 87.1 Å². The van der Waals surface area contributed by atoms with Gasteiger partial charge in [-0.3, -0.25) is 14.5 Å². The van der Waals surface area contributed by atoms with Crippen molar-refractivity contribution in [1.29, 1.82) is 0 Å². The first-order chi connectivity index (χ1) is 18.7. The van der Waals surface area contributed by atoms with Crippen LogP contribution in [0.1, 0.15) is 62.6 Å². The van der Waals surface area contributed by atoms with Crippen molar-refractivity contribution >= 4 is 30.7 Å². The second kappa shape index (κ2) is 11.1. The lowest BCUT2D eigenvalue weighted by Gasteiger charge is -2.42. The maximum atomic E-state index is 13.7. The lowest BCUT2D eigenvalue weighted by Crippen LogP contribution is -2.46. The third-order valence-corrected chi connectivity index (χ3v) is 8.65. The van der Waals surface area contributed by atoms with E-state index in [-0.39, 0.29) is 23.8 Å².